The fourth-order valence-electron chi connectivity index (χ4n) is 2.56. The molecule has 1 aliphatic rings. The average Bonchev–Trinajstić information content (AvgIpc) is 2.52. The van der Waals surface area contributed by atoms with Crippen molar-refractivity contribution in [1.29, 1.82) is 0 Å². The lowest BCUT2D eigenvalue weighted by molar-refractivity contribution is 0.180. The maximum absolute atomic E-state index is 10.3. The van der Waals surface area contributed by atoms with Crippen molar-refractivity contribution in [1.82, 2.24) is 5.32 Å². The predicted octanol–water partition coefficient (Wildman–Crippen LogP) is 3.26. The molecule has 0 amide bonds. The van der Waals surface area contributed by atoms with E-state index in [-0.39, 0.29) is 0 Å². The van der Waals surface area contributed by atoms with Crippen molar-refractivity contribution in [2.24, 2.45) is 0 Å². The Morgan fingerprint density at radius 1 is 1.05 bits per heavy atom. The van der Waals surface area contributed by atoms with Gasteiger partial charge in [-0.1, -0.05) is 43.0 Å². The van der Waals surface area contributed by atoms with Gasteiger partial charge < -0.3 is 15.3 Å². The van der Waals surface area contributed by atoms with Gasteiger partial charge in [0.2, 0.25) is 0 Å². The van der Waals surface area contributed by atoms with Crippen LogP contribution in [0.25, 0.3) is 0 Å². The second-order valence-corrected chi connectivity index (χ2v) is 6.19. The third-order valence-corrected chi connectivity index (χ3v) is 4.69. The molecule has 110 valence electrons. The second kappa shape index (κ2) is 6.52. The number of nitrogens with zero attached hydrogens (tertiary/aromatic N) is 1. The van der Waals surface area contributed by atoms with E-state index in [9.17, 15) is 5.11 Å². The first-order valence-electron chi connectivity index (χ1n) is 7.32. The van der Waals surface area contributed by atoms with Gasteiger partial charge in [0.05, 0.1) is 24.0 Å². The SMILES string of the molecule is CCNCC(O)CN1c2ccccc2Sc2ccccc21. The third-order valence-electron chi connectivity index (χ3n) is 3.56. The van der Waals surface area contributed by atoms with Crippen molar-refractivity contribution in [3.8, 4) is 0 Å². The third kappa shape index (κ3) is 3.07. The fraction of sp³-hybridized carbons (Fsp3) is 0.294. The molecule has 3 nitrogen and oxygen atoms in total. The lowest BCUT2D eigenvalue weighted by atomic mass is 10.2. The molecule has 2 N–H and O–H groups in total. The summed E-state index contributed by atoms with van der Waals surface area (Å²) in [7, 11) is 0. The number of hydrogen-bond acceptors (Lipinski definition) is 4. The molecule has 0 spiro atoms. The zero-order valence-corrected chi connectivity index (χ0v) is 12.9. The summed E-state index contributed by atoms with van der Waals surface area (Å²) in [5.74, 6) is 0. The number of β-amino-alcohol motifs (C(OH)–C–C–N with tert-alkyl or cyclic N) is 1. The van der Waals surface area contributed by atoms with Crippen LogP contribution in [0.3, 0.4) is 0 Å². The van der Waals surface area contributed by atoms with E-state index < -0.39 is 6.10 Å². The zero-order chi connectivity index (χ0) is 14.7. The number of benzene rings is 2. The molecule has 3 rings (SSSR count). The van der Waals surface area contributed by atoms with Crippen molar-refractivity contribution in [3.05, 3.63) is 48.5 Å². The van der Waals surface area contributed by atoms with Crippen LogP contribution >= 0.6 is 11.8 Å². The monoisotopic (exact) mass is 300 g/mol. The first-order chi connectivity index (χ1) is 10.3. The van der Waals surface area contributed by atoms with E-state index in [0.29, 0.717) is 13.1 Å². The standard InChI is InChI=1S/C17H20N2OS/c1-2-18-11-13(20)12-19-14-7-3-5-9-16(14)21-17-10-6-4-8-15(17)19/h3-10,13,18,20H,2,11-12H2,1H3. The van der Waals surface area contributed by atoms with Crippen molar-refractivity contribution in [3.63, 3.8) is 0 Å². The van der Waals surface area contributed by atoms with Crippen molar-refractivity contribution >= 4 is 23.1 Å². The van der Waals surface area contributed by atoms with Gasteiger partial charge in [-0.15, -0.1) is 0 Å². The molecule has 1 atom stereocenters. The molecule has 0 saturated carbocycles. The lowest BCUT2D eigenvalue weighted by Crippen LogP contribution is -2.37. The minimum absolute atomic E-state index is 0.394. The summed E-state index contributed by atoms with van der Waals surface area (Å²) in [4.78, 5) is 4.71. The Balaban J connectivity index is 1.91. The number of nitrogens with one attached hydrogen (secondary N) is 1. The molecule has 2 aromatic rings. The molecule has 0 fully saturated rings. The van der Waals surface area contributed by atoms with Gasteiger partial charge in [0.25, 0.3) is 0 Å². The van der Waals surface area contributed by atoms with Crippen LogP contribution in [-0.4, -0.2) is 30.8 Å². The number of rotatable bonds is 5. The summed E-state index contributed by atoms with van der Waals surface area (Å²) < 4.78 is 0. The first-order valence-corrected chi connectivity index (χ1v) is 8.13. The molecule has 0 aliphatic carbocycles. The van der Waals surface area contributed by atoms with E-state index in [1.807, 2.05) is 0 Å². The summed E-state index contributed by atoms with van der Waals surface area (Å²) >= 11 is 1.79. The highest BCUT2D eigenvalue weighted by molar-refractivity contribution is 7.99. The number of aliphatic hydroxyl groups excluding tert-OH is 1. The Bertz CT molecular complexity index is 572. The van der Waals surface area contributed by atoms with Gasteiger partial charge in [-0.2, -0.15) is 0 Å². The molecule has 2 aromatic carbocycles. The molecule has 1 aliphatic heterocycles. The molecule has 4 heteroatoms. The molecule has 0 bridgehead atoms. The number of anilines is 2. The minimum atomic E-state index is -0.394. The Labute approximate surface area is 130 Å². The van der Waals surface area contributed by atoms with Crippen LogP contribution < -0.4 is 10.2 Å². The van der Waals surface area contributed by atoms with Crippen LogP contribution in [0, 0.1) is 0 Å². The maximum Gasteiger partial charge on any atom is 0.0843 e. The van der Waals surface area contributed by atoms with Gasteiger partial charge in [-0.05, 0) is 30.8 Å². The normalized spacial score (nSPS) is 14.5. The van der Waals surface area contributed by atoms with Gasteiger partial charge in [-0.3, -0.25) is 0 Å². The van der Waals surface area contributed by atoms with E-state index in [2.05, 4.69) is 65.7 Å². The second-order valence-electron chi connectivity index (χ2n) is 5.11. The highest BCUT2D eigenvalue weighted by Gasteiger charge is 2.24. The van der Waals surface area contributed by atoms with Gasteiger partial charge in [0, 0.05) is 16.3 Å². The Morgan fingerprint density at radius 3 is 2.19 bits per heavy atom. The molecule has 0 radical (unpaired) electrons. The topological polar surface area (TPSA) is 35.5 Å². The van der Waals surface area contributed by atoms with E-state index in [1.54, 1.807) is 11.8 Å². The zero-order valence-electron chi connectivity index (χ0n) is 12.1. The number of likely N-dealkylation sites (N-methyl/N-ethyl adjacent to an activating group) is 1. The first kappa shape index (κ1) is 14.4. The smallest absolute Gasteiger partial charge is 0.0843 e. The van der Waals surface area contributed by atoms with Crippen LogP contribution in [0.1, 0.15) is 6.92 Å². The van der Waals surface area contributed by atoms with Gasteiger partial charge >= 0.3 is 0 Å². The maximum atomic E-state index is 10.3. The number of aliphatic hydroxyl groups is 1. The van der Waals surface area contributed by atoms with Crippen LogP contribution in [0.2, 0.25) is 0 Å². The van der Waals surface area contributed by atoms with Crippen LogP contribution in [-0.2, 0) is 0 Å². The lowest BCUT2D eigenvalue weighted by Gasteiger charge is -2.34. The molecular formula is C17H20N2OS. The molecule has 0 saturated heterocycles. The van der Waals surface area contributed by atoms with Gasteiger partial charge in [-0.25, -0.2) is 0 Å². The highest BCUT2D eigenvalue weighted by atomic mass is 32.2. The predicted molar refractivity (Wildman–Crippen MR) is 88.6 cm³/mol. The number of para-hydroxylation sites is 2. The van der Waals surface area contributed by atoms with Crippen molar-refractivity contribution in [2.75, 3.05) is 24.5 Å². The molecule has 1 unspecified atom stereocenters. The van der Waals surface area contributed by atoms with Gasteiger partial charge in [0.1, 0.15) is 0 Å². The number of fused-ring (bicyclic) bond motifs is 2. The molecule has 1 heterocycles. The van der Waals surface area contributed by atoms with Crippen molar-refractivity contribution in [2.45, 2.75) is 22.8 Å². The Morgan fingerprint density at radius 2 is 1.62 bits per heavy atom. The molecule has 0 aromatic heterocycles. The summed E-state index contributed by atoms with van der Waals surface area (Å²) in [6, 6.07) is 16.8. The Hall–Kier alpha value is -1.49. The van der Waals surface area contributed by atoms with E-state index in [0.717, 1.165) is 6.54 Å². The molecule has 21 heavy (non-hydrogen) atoms. The minimum Gasteiger partial charge on any atom is -0.390 e. The van der Waals surface area contributed by atoms with Crippen molar-refractivity contribution < 1.29 is 5.11 Å². The van der Waals surface area contributed by atoms with E-state index in [4.69, 9.17) is 0 Å². The fourth-order valence-corrected chi connectivity index (χ4v) is 3.66. The summed E-state index contributed by atoms with van der Waals surface area (Å²) in [5.41, 5.74) is 2.36. The van der Waals surface area contributed by atoms with E-state index >= 15 is 0 Å². The highest BCUT2D eigenvalue weighted by Crippen LogP contribution is 2.47. The summed E-state index contributed by atoms with van der Waals surface area (Å²) in [5, 5.41) is 13.5. The quantitative estimate of drug-likeness (QED) is 0.888. The Kier molecular flexibility index (Phi) is 4.48. The average molecular weight is 300 g/mol. The number of hydrogen-bond donors (Lipinski definition) is 2. The van der Waals surface area contributed by atoms with Crippen LogP contribution in [0.5, 0.6) is 0 Å². The van der Waals surface area contributed by atoms with Crippen LogP contribution in [0.4, 0.5) is 11.4 Å². The molecular weight excluding hydrogens is 280 g/mol. The largest absolute Gasteiger partial charge is 0.390 e. The summed E-state index contributed by atoms with van der Waals surface area (Å²) in [6.45, 7) is 4.14. The van der Waals surface area contributed by atoms with Crippen LogP contribution in [0.15, 0.2) is 58.3 Å². The van der Waals surface area contributed by atoms with E-state index in [1.165, 1.54) is 21.2 Å². The summed E-state index contributed by atoms with van der Waals surface area (Å²) in [6.07, 6.45) is -0.394. The van der Waals surface area contributed by atoms with Gasteiger partial charge in [0.15, 0.2) is 0 Å².